The first-order valence-electron chi connectivity index (χ1n) is 7.91. The van der Waals surface area contributed by atoms with Crippen LogP contribution in [0.25, 0.3) is 0 Å². The van der Waals surface area contributed by atoms with Crippen LogP contribution >= 0.6 is 0 Å². The van der Waals surface area contributed by atoms with Gasteiger partial charge in [0, 0.05) is 24.2 Å². The Labute approximate surface area is 136 Å². The minimum atomic E-state index is -0.165. The summed E-state index contributed by atoms with van der Waals surface area (Å²) in [5.41, 5.74) is 2.64. The molecule has 4 nitrogen and oxygen atoms in total. The molecule has 2 rings (SSSR count). The van der Waals surface area contributed by atoms with Crippen LogP contribution in [0.15, 0.2) is 54.6 Å². The van der Waals surface area contributed by atoms with Crippen LogP contribution in [-0.2, 0) is 11.2 Å². The maximum atomic E-state index is 11.9. The average molecular weight is 310 g/mol. The number of hydrogen-bond acceptors (Lipinski definition) is 2. The highest BCUT2D eigenvalue weighted by atomic mass is 16.2. The molecule has 120 valence electrons. The monoisotopic (exact) mass is 310 g/mol. The molecule has 0 heterocycles. The second kappa shape index (κ2) is 8.73. The van der Waals surface area contributed by atoms with Crippen molar-refractivity contribution in [1.82, 2.24) is 5.32 Å². The van der Waals surface area contributed by atoms with Gasteiger partial charge in [-0.05, 0) is 36.2 Å². The third-order valence-electron chi connectivity index (χ3n) is 3.45. The molecule has 0 aliphatic heterocycles. The molecule has 0 saturated heterocycles. The van der Waals surface area contributed by atoms with Crippen LogP contribution in [0.3, 0.4) is 0 Å². The van der Waals surface area contributed by atoms with Crippen LogP contribution < -0.4 is 10.6 Å². The summed E-state index contributed by atoms with van der Waals surface area (Å²) in [5, 5.41) is 5.58. The van der Waals surface area contributed by atoms with E-state index >= 15 is 0 Å². The zero-order valence-electron chi connectivity index (χ0n) is 13.3. The van der Waals surface area contributed by atoms with Crippen molar-refractivity contribution in [1.29, 1.82) is 0 Å². The van der Waals surface area contributed by atoms with Gasteiger partial charge in [0.1, 0.15) is 0 Å². The van der Waals surface area contributed by atoms with Crippen LogP contribution in [0, 0.1) is 0 Å². The summed E-state index contributed by atoms with van der Waals surface area (Å²) in [6.07, 6.45) is 2.39. The molecule has 0 radical (unpaired) electrons. The van der Waals surface area contributed by atoms with Crippen LogP contribution in [0.4, 0.5) is 5.69 Å². The van der Waals surface area contributed by atoms with Gasteiger partial charge in [-0.3, -0.25) is 9.59 Å². The molecule has 0 bridgehead atoms. The molecule has 2 amide bonds. The van der Waals surface area contributed by atoms with Crippen molar-refractivity contribution in [3.05, 3.63) is 65.7 Å². The van der Waals surface area contributed by atoms with Gasteiger partial charge < -0.3 is 10.6 Å². The first kappa shape index (κ1) is 16.7. The summed E-state index contributed by atoms with van der Waals surface area (Å²) in [6.45, 7) is 2.45. The van der Waals surface area contributed by atoms with E-state index in [9.17, 15) is 9.59 Å². The second-order valence-corrected chi connectivity index (χ2v) is 5.37. The number of rotatable bonds is 7. The van der Waals surface area contributed by atoms with Crippen LogP contribution in [0.1, 0.15) is 35.7 Å². The molecule has 0 fully saturated rings. The van der Waals surface area contributed by atoms with E-state index in [4.69, 9.17) is 0 Å². The van der Waals surface area contributed by atoms with Crippen molar-refractivity contribution in [2.24, 2.45) is 0 Å². The van der Waals surface area contributed by atoms with Gasteiger partial charge in [0.25, 0.3) is 5.91 Å². The fraction of sp³-hybridized carbons (Fsp3) is 0.263. The smallest absolute Gasteiger partial charge is 0.251 e. The lowest BCUT2D eigenvalue weighted by Gasteiger charge is -2.07. The number of carbonyl (C=O) groups is 2. The zero-order chi connectivity index (χ0) is 16.5. The standard InChI is InChI=1S/C19H22N2O2/c1-2-6-15-9-11-17(12-10-15)21-18(22)13-14-20-19(23)16-7-4-3-5-8-16/h3-5,7-12H,2,6,13-14H2,1H3,(H,20,23)(H,21,22). The molecule has 0 saturated carbocycles. The van der Waals surface area contributed by atoms with Gasteiger partial charge in [-0.1, -0.05) is 43.7 Å². The van der Waals surface area contributed by atoms with Gasteiger partial charge >= 0.3 is 0 Å². The van der Waals surface area contributed by atoms with E-state index in [2.05, 4.69) is 17.6 Å². The summed E-state index contributed by atoms with van der Waals surface area (Å²) < 4.78 is 0. The quantitative estimate of drug-likeness (QED) is 0.823. The predicted molar refractivity (Wildman–Crippen MR) is 92.5 cm³/mol. The van der Waals surface area contributed by atoms with Gasteiger partial charge in [0.2, 0.25) is 5.91 Å². The van der Waals surface area contributed by atoms with Crippen LogP contribution in [0.5, 0.6) is 0 Å². The zero-order valence-corrected chi connectivity index (χ0v) is 13.3. The summed E-state index contributed by atoms with van der Waals surface area (Å²) in [4.78, 5) is 23.7. The maximum absolute atomic E-state index is 11.9. The number of hydrogen-bond donors (Lipinski definition) is 2. The van der Waals surface area contributed by atoms with Crippen molar-refractivity contribution in [3.63, 3.8) is 0 Å². The molecule has 0 unspecified atom stereocenters. The molecule has 0 aliphatic rings. The molecular formula is C19H22N2O2. The van der Waals surface area contributed by atoms with Gasteiger partial charge in [-0.15, -0.1) is 0 Å². The first-order chi connectivity index (χ1) is 11.2. The molecule has 0 aromatic heterocycles. The van der Waals surface area contributed by atoms with Gasteiger partial charge in [-0.2, -0.15) is 0 Å². The van der Waals surface area contributed by atoms with E-state index in [1.807, 2.05) is 42.5 Å². The molecule has 2 aromatic carbocycles. The highest BCUT2D eigenvalue weighted by Gasteiger charge is 2.06. The van der Waals surface area contributed by atoms with E-state index in [0.29, 0.717) is 12.1 Å². The largest absolute Gasteiger partial charge is 0.352 e. The molecule has 4 heteroatoms. The molecule has 0 aliphatic carbocycles. The van der Waals surface area contributed by atoms with Crippen LogP contribution in [-0.4, -0.2) is 18.4 Å². The highest BCUT2D eigenvalue weighted by Crippen LogP contribution is 2.11. The Kier molecular flexibility index (Phi) is 6.36. The number of nitrogens with one attached hydrogen (secondary N) is 2. The van der Waals surface area contributed by atoms with E-state index in [1.165, 1.54) is 5.56 Å². The molecular weight excluding hydrogens is 288 g/mol. The Balaban J connectivity index is 1.73. The van der Waals surface area contributed by atoms with Crippen molar-refractivity contribution >= 4 is 17.5 Å². The first-order valence-corrected chi connectivity index (χ1v) is 7.91. The van der Waals surface area contributed by atoms with E-state index < -0.39 is 0 Å². The molecule has 0 spiro atoms. The molecule has 23 heavy (non-hydrogen) atoms. The Morgan fingerprint density at radius 3 is 2.30 bits per heavy atom. The Bertz CT molecular complexity index is 636. The van der Waals surface area contributed by atoms with E-state index in [1.54, 1.807) is 12.1 Å². The SMILES string of the molecule is CCCc1ccc(NC(=O)CCNC(=O)c2ccccc2)cc1. The lowest BCUT2D eigenvalue weighted by molar-refractivity contribution is -0.116. The summed E-state index contributed by atoms with van der Waals surface area (Å²) >= 11 is 0. The molecule has 2 aromatic rings. The van der Waals surface area contributed by atoms with Crippen molar-refractivity contribution in [2.75, 3.05) is 11.9 Å². The van der Waals surface area contributed by atoms with Crippen molar-refractivity contribution in [2.45, 2.75) is 26.2 Å². The average Bonchev–Trinajstić information content (AvgIpc) is 2.57. The second-order valence-electron chi connectivity index (χ2n) is 5.37. The van der Waals surface area contributed by atoms with Gasteiger partial charge in [0.15, 0.2) is 0 Å². The molecule has 2 N–H and O–H groups in total. The number of aryl methyl sites for hydroxylation is 1. The Morgan fingerprint density at radius 1 is 0.957 bits per heavy atom. The minimum absolute atomic E-state index is 0.110. The summed E-state index contributed by atoms with van der Waals surface area (Å²) in [7, 11) is 0. The third-order valence-corrected chi connectivity index (χ3v) is 3.45. The fourth-order valence-electron chi connectivity index (χ4n) is 2.25. The van der Waals surface area contributed by atoms with E-state index in [0.717, 1.165) is 18.5 Å². The highest BCUT2D eigenvalue weighted by molar-refractivity contribution is 5.95. The Hall–Kier alpha value is -2.62. The maximum Gasteiger partial charge on any atom is 0.251 e. The van der Waals surface area contributed by atoms with E-state index in [-0.39, 0.29) is 18.2 Å². The summed E-state index contributed by atoms with van der Waals surface area (Å²) in [6, 6.07) is 16.8. The van der Waals surface area contributed by atoms with Gasteiger partial charge in [-0.25, -0.2) is 0 Å². The lowest BCUT2D eigenvalue weighted by atomic mass is 10.1. The third kappa shape index (κ3) is 5.58. The Morgan fingerprint density at radius 2 is 1.65 bits per heavy atom. The number of carbonyl (C=O) groups excluding carboxylic acids is 2. The van der Waals surface area contributed by atoms with Crippen molar-refractivity contribution < 1.29 is 9.59 Å². The van der Waals surface area contributed by atoms with Crippen LogP contribution in [0.2, 0.25) is 0 Å². The topological polar surface area (TPSA) is 58.2 Å². The predicted octanol–water partition coefficient (Wildman–Crippen LogP) is 3.40. The summed E-state index contributed by atoms with van der Waals surface area (Å²) in [5.74, 6) is -0.274. The molecule has 0 atom stereocenters. The minimum Gasteiger partial charge on any atom is -0.352 e. The lowest BCUT2D eigenvalue weighted by Crippen LogP contribution is -2.27. The normalized spacial score (nSPS) is 10.1. The fourth-order valence-corrected chi connectivity index (χ4v) is 2.25. The van der Waals surface area contributed by atoms with Crippen molar-refractivity contribution in [3.8, 4) is 0 Å². The van der Waals surface area contributed by atoms with Gasteiger partial charge in [0.05, 0.1) is 0 Å². The number of amides is 2. The number of benzene rings is 2. The number of anilines is 1.